The van der Waals surface area contributed by atoms with Crippen molar-refractivity contribution >= 4 is 40.3 Å². The molecule has 9 heteroatoms. The maximum Gasteiger partial charge on any atom is 0.328 e. The molecule has 0 saturated carbocycles. The van der Waals surface area contributed by atoms with Gasteiger partial charge in [0.05, 0.1) is 12.7 Å². The maximum absolute atomic E-state index is 12.3. The third-order valence-corrected chi connectivity index (χ3v) is 4.51. The number of nitrogens with zero attached hydrogens (tertiary/aromatic N) is 3. The smallest absolute Gasteiger partial charge is 0.328 e. The van der Waals surface area contributed by atoms with Gasteiger partial charge in [-0.25, -0.2) is 9.78 Å². The highest BCUT2D eigenvalue weighted by Gasteiger charge is 2.13. The molecule has 2 heterocycles. The van der Waals surface area contributed by atoms with Crippen LogP contribution in [-0.4, -0.2) is 32.6 Å². The van der Waals surface area contributed by atoms with Crippen molar-refractivity contribution in [3.63, 3.8) is 0 Å². The number of anilines is 1. The first-order valence-electron chi connectivity index (χ1n) is 7.92. The summed E-state index contributed by atoms with van der Waals surface area (Å²) in [4.78, 5) is 23.7. The van der Waals surface area contributed by atoms with Crippen LogP contribution in [0.3, 0.4) is 0 Å². The molecule has 0 aliphatic carbocycles. The van der Waals surface area contributed by atoms with Crippen LogP contribution in [0.5, 0.6) is 0 Å². The molecule has 0 fully saturated rings. The molecule has 0 atom stereocenters. The van der Waals surface area contributed by atoms with E-state index in [1.54, 1.807) is 24.4 Å². The number of aromatic amines is 1. The van der Waals surface area contributed by atoms with Crippen LogP contribution in [0.15, 0.2) is 29.2 Å². The topological polar surface area (TPSA) is 102 Å². The lowest BCUT2D eigenvalue weighted by atomic mass is 10.2. The molecule has 0 spiro atoms. The van der Waals surface area contributed by atoms with Crippen LogP contribution < -0.4 is 16.7 Å². The zero-order valence-corrected chi connectivity index (χ0v) is 14.9. The fraction of sp³-hybridized carbons (Fsp3) is 0.312. The molecule has 0 saturated heterocycles. The van der Waals surface area contributed by atoms with Crippen LogP contribution in [-0.2, 0) is 6.54 Å². The van der Waals surface area contributed by atoms with Gasteiger partial charge < -0.3 is 16.0 Å². The van der Waals surface area contributed by atoms with Crippen LogP contribution in [0.2, 0.25) is 10.0 Å². The van der Waals surface area contributed by atoms with Gasteiger partial charge in [-0.05, 0) is 31.5 Å². The lowest BCUT2D eigenvalue weighted by Crippen LogP contribution is -2.18. The molecular formula is C16H18Cl2N6O. The van der Waals surface area contributed by atoms with Crippen LogP contribution >= 0.6 is 23.2 Å². The predicted octanol–water partition coefficient (Wildman–Crippen LogP) is 2.63. The Kier molecular flexibility index (Phi) is 5.57. The number of H-pyrrole nitrogens is 1. The van der Waals surface area contributed by atoms with Gasteiger partial charge in [-0.1, -0.05) is 29.3 Å². The molecule has 0 unspecified atom stereocenters. The van der Waals surface area contributed by atoms with Gasteiger partial charge in [0.2, 0.25) is 5.95 Å². The molecule has 0 amide bonds. The summed E-state index contributed by atoms with van der Waals surface area (Å²) >= 11 is 12.4. The molecule has 4 N–H and O–H groups in total. The standard InChI is InChI=1S/C16H18Cl2N6O/c17-11-4-3-5-12(18)10(11)9-24-14-13(22-16(24)25)8-21-15(23-14)20-7-2-1-6-19/h3-5,8H,1-2,6-7,9,19H2,(H,22,25)(H,20,21,23). The molecule has 0 bridgehead atoms. The van der Waals surface area contributed by atoms with Crippen molar-refractivity contribution < 1.29 is 0 Å². The van der Waals surface area contributed by atoms with Crippen LogP contribution in [0, 0.1) is 0 Å². The molecule has 3 aromatic rings. The number of hydrogen-bond acceptors (Lipinski definition) is 5. The Morgan fingerprint density at radius 2 is 2.00 bits per heavy atom. The summed E-state index contributed by atoms with van der Waals surface area (Å²) in [5, 5.41) is 4.14. The Hall–Kier alpha value is -2.09. The number of rotatable bonds is 7. The largest absolute Gasteiger partial charge is 0.354 e. The minimum atomic E-state index is -0.291. The molecule has 2 aromatic heterocycles. The van der Waals surface area contributed by atoms with Crippen LogP contribution in [0.25, 0.3) is 11.2 Å². The number of fused-ring (bicyclic) bond motifs is 1. The Labute approximate surface area is 154 Å². The van der Waals surface area contributed by atoms with Gasteiger partial charge in [0.1, 0.15) is 5.52 Å². The second kappa shape index (κ2) is 7.86. The monoisotopic (exact) mass is 380 g/mol. The fourth-order valence-corrected chi connectivity index (χ4v) is 3.01. The summed E-state index contributed by atoms with van der Waals surface area (Å²) in [5.41, 5.74) is 6.91. The number of imidazole rings is 1. The Morgan fingerprint density at radius 1 is 1.24 bits per heavy atom. The van der Waals surface area contributed by atoms with E-state index in [1.807, 2.05) is 0 Å². The molecule has 7 nitrogen and oxygen atoms in total. The number of hydrogen-bond donors (Lipinski definition) is 3. The zero-order valence-electron chi connectivity index (χ0n) is 13.4. The predicted molar refractivity (Wildman–Crippen MR) is 100 cm³/mol. The van der Waals surface area contributed by atoms with Gasteiger partial charge in [0.15, 0.2) is 5.65 Å². The number of benzene rings is 1. The number of nitrogens with two attached hydrogens (primary N) is 1. The number of unbranched alkanes of at least 4 members (excludes halogenated alkanes) is 1. The van der Waals surface area contributed by atoms with Crippen molar-refractivity contribution in [3.8, 4) is 0 Å². The van der Waals surface area contributed by atoms with E-state index in [0.717, 1.165) is 12.8 Å². The Bertz CT molecular complexity index is 916. The molecule has 25 heavy (non-hydrogen) atoms. The van der Waals surface area contributed by atoms with Crippen molar-refractivity contribution in [3.05, 3.63) is 50.5 Å². The van der Waals surface area contributed by atoms with Gasteiger partial charge >= 0.3 is 5.69 Å². The summed E-state index contributed by atoms with van der Waals surface area (Å²) in [6, 6.07) is 5.24. The minimum Gasteiger partial charge on any atom is -0.354 e. The average Bonchev–Trinajstić information content (AvgIpc) is 2.90. The lowest BCUT2D eigenvalue weighted by molar-refractivity contribution is 0.766. The average molecular weight is 381 g/mol. The maximum atomic E-state index is 12.3. The molecule has 0 aliphatic heterocycles. The molecule has 132 valence electrons. The molecule has 0 radical (unpaired) electrons. The summed E-state index contributed by atoms with van der Waals surface area (Å²) in [6.07, 6.45) is 3.43. The van der Waals surface area contributed by atoms with E-state index in [-0.39, 0.29) is 12.2 Å². The van der Waals surface area contributed by atoms with Crippen molar-refractivity contribution in [1.82, 2.24) is 19.5 Å². The Morgan fingerprint density at radius 3 is 2.72 bits per heavy atom. The van der Waals surface area contributed by atoms with E-state index >= 15 is 0 Å². The van der Waals surface area contributed by atoms with Gasteiger partial charge in [0.25, 0.3) is 0 Å². The van der Waals surface area contributed by atoms with Crippen molar-refractivity contribution in [2.45, 2.75) is 19.4 Å². The molecule has 0 aliphatic rings. The van der Waals surface area contributed by atoms with E-state index in [4.69, 9.17) is 28.9 Å². The van der Waals surface area contributed by atoms with E-state index < -0.39 is 0 Å². The first-order valence-corrected chi connectivity index (χ1v) is 8.68. The highest BCUT2D eigenvalue weighted by atomic mass is 35.5. The van der Waals surface area contributed by atoms with Crippen molar-refractivity contribution in [1.29, 1.82) is 0 Å². The van der Waals surface area contributed by atoms with E-state index in [1.165, 1.54) is 4.57 Å². The number of aromatic nitrogens is 4. The SMILES string of the molecule is NCCCCNc1ncc2[nH]c(=O)n(Cc3c(Cl)cccc3Cl)c2n1. The summed E-state index contributed by atoms with van der Waals surface area (Å²) in [5.74, 6) is 0.461. The second-order valence-corrected chi connectivity index (χ2v) is 6.38. The third-order valence-electron chi connectivity index (χ3n) is 3.80. The van der Waals surface area contributed by atoms with E-state index in [0.29, 0.717) is 45.8 Å². The summed E-state index contributed by atoms with van der Waals surface area (Å²) < 4.78 is 1.50. The summed E-state index contributed by atoms with van der Waals surface area (Å²) in [7, 11) is 0. The van der Waals surface area contributed by atoms with Crippen molar-refractivity contribution in [2.75, 3.05) is 18.4 Å². The molecule has 1 aromatic carbocycles. The Balaban J connectivity index is 1.92. The second-order valence-electron chi connectivity index (χ2n) is 5.57. The number of halogens is 2. The highest BCUT2D eigenvalue weighted by molar-refractivity contribution is 6.36. The van der Waals surface area contributed by atoms with Gasteiger partial charge in [0, 0.05) is 22.2 Å². The minimum absolute atomic E-state index is 0.223. The molecular weight excluding hydrogens is 363 g/mol. The van der Waals surface area contributed by atoms with E-state index in [2.05, 4.69) is 20.3 Å². The van der Waals surface area contributed by atoms with Gasteiger partial charge in [-0.3, -0.25) is 4.57 Å². The highest BCUT2D eigenvalue weighted by Crippen LogP contribution is 2.25. The fourth-order valence-electron chi connectivity index (χ4n) is 2.49. The number of nitrogens with one attached hydrogen (secondary N) is 2. The quantitative estimate of drug-likeness (QED) is 0.546. The normalized spacial score (nSPS) is 11.2. The van der Waals surface area contributed by atoms with Crippen LogP contribution in [0.4, 0.5) is 5.95 Å². The summed E-state index contributed by atoms with van der Waals surface area (Å²) in [6.45, 7) is 1.59. The first-order chi connectivity index (χ1) is 12.1. The first kappa shape index (κ1) is 17.7. The lowest BCUT2D eigenvalue weighted by Gasteiger charge is -2.08. The third kappa shape index (κ3) is 3.95. The van der Waals surface area contributed by atoms with Gasteiger partial charge in [-0.2, -0.15) is 4.98 Å². The molecule has 3 rings (SSSR count). The van der Waals surface area contributed by atoms with Crippen LogP contribution in [0.1, 0.15) is 18.4 Å². The zero-order chi connectivity index (χ0) is 17.8. The van der Waals surface area contributed by atoms with Crippen molar-refractivity contribution in [2.24, 2.45) is 5.73 Å². The van der Waals surface area contributed by atoms with Gasteiger partial charge in [-0.15, -0.1) is 0 Å². The van der Waals surface area contributed by atoms with E-state index in [9.17, 15) is 4.79 Å².